The number of nitro groups is 1. The summed E-state index contributed by atoms with van der Waals surface area (Å²) in [6.07, 6.45) is 1.47. The van der Waals surface area contributed by atoms with Crippen LogP contribution in [-0.2, 0) is 11.4 Å². The molecule has 0 unspecified atom stereocenters. The average Bonchev–Trinajstić information content (AvgIpc) is 2.79. The third-order valence-electron chi connectivity index (χ3n) is 4.51. The second-order valence-electron chi connectivity index (χ2n) is 6.87. The summed E-state index contributed by atoms with van der Waals surface area (Å²) in [6.45, 7) is 2.02. The van der Waals surface area contributed by atoms with Gasteiger partial charge in [-0.1, -0.05) is 41.9 Å². The number of nitrogens with zero attached hydrogens (tertiary/aromatic N) is 2. The van der Waals surface area contributed by atoms with Gasteiger partial charge in [0.25, 0.3) is 11.6 Å². The molecule has 7 nitrogen and oxygen atoms in total. The van der Waals surface area contributed by atoms with Gasteiger partial charge in [0.15, 0.2) is 0 Å². The Labute approximate surface area is 189 Å². The van der Waals surface area contributed by atoms with Gasteiger partial charge >= 0.3 is 0 Å². The van der Waals surface area contributed by atoms with Gasteiger partial charge in [0.05, 0.1) is 4.92 Å². The number of hydrogen-bond donors (Lipinski definition) is 1. The second-order valence-corrected chi connectivity index (χ2v) is 7.28. The summed E-state index contributed by atoms with van der Waals surface area (Å²) in [7, 11) is 0. The third-order valence-corrected chi connectivity index (χ3v) is 4.92. The number of amides is 1. The monoisotopic (exact) mass is 447 g/mol. The predicted molar refractivity (Wildman–Crippen MR) is 122 cm³/mol. The molecule has 0 saturated heterocycles. The lowest BCUT2D eigenvalue weighted by Gasteiger charge is -2.07. The van der Waals surface area contributed by atoms with E-state index in [4.69, 9.17) is 16.3 Å². The first-order chi connectivity index (χ1) is 15.4. The van der Waals surface area contributed by atoms with Gasteiger partial charge in [0.2, 0.25) is 0 Å². The molecule has 0 atom stereocenters. The lowest BCUT2D eigenvalue weighted by molar-refractivity contribution is -0.384. The van der Waals surface area contributed by atoms with Crippen molar-refractivity contribution in [3.05, 3.63) is 104 Å². The number of nitriles is 1. The predicted octanol–water partition coefficient (Wildman–Crippen LogP) is 5.68. The van der Waals surface area contributed by atoms with E-state index in [-0.39, 0.29) is 17.9 Å². The van der Waals surface area contributed by atoms with Crippen molar-refractivity contribution in [3.8, 4) is 11.8 Å². The van der Waals surface area contributed by atoms with Gasteiger partial charge in [-0.15, -0.1) is 0 Å². The summed E-state index contributed by atoms with van der Waals surface area (Å²) in [5.41, 5.74) is 2.63. The lowest BCUT2D eigenvalue weighted by Crippen LogP contribution is -2.13. The fourth-order valence-corrected chi connectivity index (χ4v) is 2.95. The van der Waals surface area contributed by atoms with Gasteiger partial charge in [-0.3, -0.25) is 14.9 Å². The van der Waals surface area contributed by atoms with Crippen LogP contribution in [0.5, 0.6) is 5.75 Å². The molecule has 0 saturated carbocycles. The molecule has 3 rings (SSSR count). The van der Waals surface area contributed by atoms with E-state index < -0.39 is 10.8 Å². The van der Waals surface area contributed by atoms with Crippen LogP contribution in [0.3, 0.4) is 0 Å². The highest BCUT2D eigenvalue weighted by Gasteiger charge is 2.11. The van der Waals surface area contributed by atoms with Gasteiger partial charge in [0, 0.05) is 22.8 Å². The Hall–Kier alpha value is -4.15. The average molecular weight is 448 g/mol. The molecule has 0 heterocycles. The van der Waals surface area contributed by atoms with E-state index in [0.29, 0.717) is 27.6 Å². The van der Waals surface area contributed by atoms with E-state index in [0.717, 1.165) is 5.56 Å². The summed E-state index contributed by atoms with van der Waals surface area (Å²) in [5, 5.41) is 23.4. The van der Waals surface area contributed by atoms with Crippen molar-refractivity contribution in [2.24, 2.45) is 0 Å². The standard InChI is InChI=1S/C24H18ClN3O4/c1-16-5-8-20(13-23(16)25)27-24(29)19(14-26)11-17-6-9-22(10-7-17)32-15-18-3-2-4-21(12-18)28(30)31/h2-13H,15H2,1H3,(H,27,29)/b19-11-. The number of rotatable bonds is 7. The molecule has 0 bridgehead atoms. The molecule has 0 spiro atoms. The maximum Gasteiger partial charge on any atom is 0.269 e. The Kier molecular flexibility index (Phi) is 7.21. The first kappa shape index (κ1) is 22.5. The minimum Gasteiger partial charge on any atom is -0.489 e. The van der Waals surface area contributed by atoms with Crippen LogP contribution in [0.1, 0.15) is 16.7 Å². The van der Waals surface area contributed by atoms with E-state index in [1.54, 1.807) is 54.6 Å². The Bertz CT molecular complexity index is 1230. The van der Waals surface area contributed by atoms with Crippen LogP contribution < -0.4 is 10.1 Å². The summed E-state index contributed by atoms with van der Waals surface area (Å²) in [6, 6.07) is 20.0. The zero-order valence-corrected chi connectivity index (χ0v) is 17.8. The molecule has 8 heteroatoms. The Balaban J connectivity index is 1.65. The van der Waals surface area contributed by atoms with Crippen LogP contribution in [0.25, 0.3) is 6.08 Å². The van der Waals surface area contributed by atoms with Crippen molar-refractivity contribution in [2.75, 3.05) is 5.32 Å². The fraction of sp³-hybridized carbons (Fsp3) is 0.0833. The van der Waals surface area contributed by atoms with E-state index in [2.05, 4.69) is 5.32 Å². The van der Waals surface area contributed by atoms with E-state index in [1.165, 1.54) is 18.2 Å². The summed E-state index contributed by atoms with van der Waals surface area (Å²) in [4.78, 5) is 22.8. The SMILES string of the molecule is Cc1ccc(NC(=O)/C(C#N)=C\c2ccc(OCc3cccc([N+](=O)[O-])c3)cc2)cc1Cl. The Morgan fingerprint density at radius 2 is 1.94 bits per heavy atom. The van der Waals surface area contributed by atoms with Crippen LogP contribution in [0, 0.1) is 28.4 Å². The molecular weight excluding hydrogens is 430 g/mol. The highest BCUT2D eigenvalue weighted by atomic mass is 35.5. The Morgan fingerprint density at radius 1 is 1.19 bits per heavy atom. The minimum absolute atomic E-state index is 0.00167. The number of non-ortho nitro benzene ring substituents is 1. The van der Waals surface area contributed by atoms with Gasteiger partial charge in [-0.2, -0.15) is 5.26 Å². The van der Waals surface area contributed by atoms with Gasteiger partial charge in [-0.25, -0.2) is 0 Å². The fourth-order valence-electron chi connectivity index (χ4n) is 2.77. The van der Waals surface area contributed by atoms with Gasteiger partial charge in [0.1, 0.15) is 24.0 Å². The van der Waals surface area contributed by atoms with Crippen molar-refractivity contribution in [1.29, 1.82) is 5.26 Å². The topological polar surface area (TPSA) is 105 Å². The smallest absolute Gasteiger partial charge is 0.269 e. The zero-order valence-electron chi connectivity index (χ0n) is 17.0. The number of nitrogens with one attached hydrogen (secondary N) is 1. The molecule has 32 heavy (non-hydrogen) atoms. The van der Waals surface area contributed by atoms with E-state index >= 15 is 0 Å². The lowest BCUT2D eigenvalue weighted by atomic mass is 10.1. The molecule has 0 aliphatic heterocycles. The highest BCUT2D eigenvalue weighted by Crippen LogP contribution is 2.21. The number of hydrogen-bond acceptors (Lipinski definition) is 5. The van der Waals surface area contributed by atoms with Crippen molar-refractivity contribution >= 4 is 35.0 Å². The maximum atomic E-state index is 12.4. The van der Waals surface area contributed by atoms with Crippen LogP contribution in [0.2, 0.25) is 5.02 Å². The second kappa shape index (κ2) is 10.2. The molecule has 1 N–H and O–H groups in total. The highest BCUT2D eigenvalue weighted by molar-refractivity contribution is 6.31. The van der Waals surface area contributed by atoms with Crippen molar-refractivity contribution < 1.29 is 14.5 Å². The number of benzene rings is 3. The zero-order chi connectivity index (χ0) is 23.1. The summed E-state index contributed by atoms with van der Waals surface area (Å²) >= 11 is 6.07. The van der Waals surface area contributed by atoms with Crippen molar-refractivity contribution in [3.63, 3.8) is 0 Å². The largest absolute Gasteiger partial charge is 0.489 e. The number of carbonyl (C=O) groups is 1. The van der Waals surface area contributed by atoms with Crippen molar-refractivity contribution in [2.45, 2.75) is 13.5 Å². The number of halogens is 1. The van der Waals surface area contributed by atoms with Crippen LogP contribution in [-0.4, -0.2) is 10.8 Å². The third kappa shape index (κ3) is 5.94. The van der Waals surface area contributed by atoms with Gasteiger partial charge in [-0.05, 0) is 54.0 Å². The van der Waals surface area contributed by atoms with E-state index in [9.17, 15) is 20.2 Å². The normalized spacial score (nSPS) is 10.8. The molecule has 0 aliphatic carbocycles. The minimum atomic E-state index is -0.543. The van der Waals surface area contributed by atoms with Crippen LogP contribution in [0.4, 0.5) is 11.4 Å². The Morgan fingerprint density at radius 3 is 2.59 bits per heavy atom. The number of carbonyl (C=O) groups excluding carboxylic acids is 1. The molecule has 160 valence electrons. The first-order valence-electron chi connectivity index (χ1n) is 9.51. The molecule has 0 fully saturated rings. The molecule has 3 aromatic carbocycles. The number of aryl methyl sites for hydroxylation is 1. The molecule has 1 amide bonds. The number of nitro benzene ring substituents is 1. The summed E-state index contributed by atoms with van der Waals surface area (Å²) in [5.74, 6) is 0.00401. The van der Waals surface area contributed by atoms with Gasteiger partial charge < -0.3 is 10.1 Å². The molecule has 0 aromatic heterocycles. The van der Waals surface area contributed by atoms with Crippen molar-refractivity contribution in [1.82, 2.24) is 0 Å². The molecule has 0 radical (unpaired) electrons. The molecular formula is C24H18ClN3O4. The van der Waals surface area contributed by atoms with Crippen LogP contribution in [0.15, 0.2) is 72.3 Å². The maximum absolute atomic E-state index is 12.4. The number of ether oxygens (including phenoxy) is 1. The van der Waals surface area contributed by atoms with Crippen LogP contribution >= 0.6 is 11.6 Å². The van der Waals surface area contributed by atoms with E-state index in [1.807, 2.05) is 13.0 Å². The first-order valence-corrected chi connectivity index (χ1v) is 9.89. The quantitative estimate of drug-likeness (QED) is 0.217. The number of anilines is 1. The molecule has 3 aromatic rings. The molecule has 0 aliphatic rings. The summed E-state index contributed by atoms with van der Waals surface area (Å²) < 4.78 is 5.66.